The van der Waals surface area contributed by atoms with E-state index in [1.165, 1.54) is 0 Å². The maximum Gasteiger partial charge on any atom is 0.407 e. The van der Waals surface area contributed by atoms with Gasteiger partial charge < -0.3 is 20.7 Å². The number of alkyl carbamates (subject to hydrolysis) is 1. The lowest BCUT2D eigenvalue weighted by Gasteiger charge is -2.32. The molecular weight excluding hydrogens is 346 g/mol. The standard InChI is InChI=1S/C19H23N5O3/c20-17(25)13-27-19(26)22-12-14-7-10-24(11-8-14)18-21-9-6-16(23-18)15-4-2-1-3-5-15/h1-6,9,14H,7-8,10-13H2,(H2,20,25)(H,22,26). The van der Waals surface area contributed by atoms with E-state index in [1.54, 1.807) is 6.20 Å². The van der Waals surface area contributed by atoms with E-state index in [0.717, 1.165) is 43.1 Å². The summed E-state index contributed by atoms with van der Waals surface area (Å²) in [6, 6.07) is 11.9. The maximum absolute atomic E-state index is 11.5. The average Bonchev–Trinajstić information content (AvgIpc) is 2.72. The zero-order valence-corrected chi connectivity index (χ0v) is 15.0. The van der Waals surface area contributed by atoms with Gasteiger partial charge in [0.25, 0.3) is 5.91 Å². The lowest BCUT2D eigenvalue weighted by Crippen LogP contribution is -2.39. The molecule has 0 unspecified atom stereocenters. The molecule has 1 fully saturated rings. The van der Waals surface area contributed by atoms with Gasteiger partial charge in [-0.1, -0.05) is 30.3 Å². The van der Waals surface area contributed by atoms with E-state index < -0.39 is 18.6 Å². The van der Waals surface area contributed by atoms with Gasteiger partial charge in [0.15, 0.2) is 6.61 Å². The maximum atomic E-state index is 11.5. The summed E-state index contributed by atoms with van der Waals surface area (Å²) < 4.78 is 4.69. The Morgan fingerprint density at radius 3 is 2.63 bits per heavy atom. The van der Waals surface area contributed by atoms with Gasteiger partial charge in [0.05, 0.1) is 5.69 Å². The van der Waals surface area contributed by atoms with E-state index in [4.69, 9.17) is 5.73 Å². The number of nitrogens with zero attached hydrogens (tertiary/aromatic N) is 3. The number of hydrogen-bond acceptors (Lipinski definition) is 6. The Kier molecular flexibility index (Phi) is 6.19. The summed E-state index contributed by atoms with van der Waals surface area (Å²) in [6.07, 6.45) is 2.99. The summed E-state index contributed by atoms with van der Waals surface area (Å²) in [5.41, 5.74) is 6.91. The van der Waals surface area contributed by atoms with Gasteiger partial charge in [-0.2, -0.15) is 0 Å². The predicted molar refractivity (Wildman–Crippen MR) is 101 cm³/mol. The number of anilines is 1. The molecular formula is C19H23N5O3. The van der Waals surface area contributed by atoms with Gasteiger partial charge in [0.2, 0.25) is 5.95 Å². The first-order chi connectivity index (χ1) is 13.1. The van der Waals surface area contributed by atoms with Gasteiger partial charge in [0, 0.05) is 31.4 Å². The quantitative estimate of drug-likeness (QED) is 0.800. The molecule has 2 aromatic rings. The first kappa shape index (κ1) is 18.6. The van der Waals surface area contributed by atoms with Crippen molar-refractivity contribution in [2.75, 3.05) is 31.1 Å². The number of amides is 2. The molecule has 0 spiro atoms. The van der Waals surface area contributed by atoms with Crippen LogP contribution in [0.1, 0.15) is 12.8 Å². The van der Waals surface area contributed by atoms with Crippen LogP contribution in [0.4, 0.5) is 10.7 Å². The predicted octanol–water partition coefficient (Wildman–Crippen LogP) is 1.57. The molecule has 3 N–H and O–H groups in total. The Balaban J connectivity index is 1.49. The number of carbonyl (C=O) groups is 2. The third-order valence-electron chi connectivity index (χ3n) is 4.49. The monoisotopic (exact) mass is 369 g/mol. The molecule has 2 amide bonds. The summed E-state index contributed by atoms with van der Waals surface area (Å²) in [6.45, 7) is 1.75. The normalized spacial score (nSPS) is 14.6. The molecule has 0 atom stereocenters. The van der Waals surface area contributed by atoms with Crippen LogP contribution in [0.15, 0.2) is 42.6 Å². The molecule has 3 rings (SSSR count). The number of nitrogens with one attached hydrogen (secondary N) is 1. The van der Waals surface area contributed by atoms with Crippen LogP contribution in [0.3, 0.4) is 0 Å². The van der Waals surface area contributed by atoms with Crippen molar-refractivity contribution < 1.29 is 14.3 Å². The lowest BCUT2D eigenvalue weighted by molar-refractivity contribution is -0.120. The number of ether oxygens (including phenoxy) is 1. The van der Waals surface area contributed by atoms with E-state index >= 15 is 0 Å². The van der Waals surface area contributed by atoms with Crippen LogP contribution in [0.5, 0.6) is 0 Å². The number of rotatable bonds is 6. The SMILES string of the molecule is NC(=O)COC(=O)NCC1CCN(c2nccc(-c3ccccc3)n2)CC1. The zero-order valence-electron chi connectivity index (χ0n) is 15.0. The minimum atomic E-state index is -0.670. The fraction of sp³-hybridized carbons (Fsp3) is 0.368. The lowest BCUT2D eigenvalue weighted by atomic mass is 9.97. The number of hydrogen-bond donors (Lipinski definition) is 2. The highest BCUT2D eigenvalue weighted by Crippen LogP contribution is 2.23. The Morgan fingerprint density at radius 2 is 1.93 bits per heavy atom. The number of benzene rings is 1. The summed E-state index contributed by atoms with van der Waals surface area (Å²) in [5, 5.41) is 2.67. The van der Waals surface area contributed by atoms with Gasteiger partial charge in [-0.25, -0.2) is 14.8 Å². The van der Waals surface area contributed by atoms with E-state index in [0.29, 0.717) is 12.5 Å². The first-order valence-corrected chi connectivity index (χ1v) is 8.94. The molecule has 1 aliphatic rings. The second-order valence-corrected chi connectivity index (χ2v) is 6.46. The van der Waals surface area contributed by atoms with E-state index in [-0.39, 0.29) is 0 Å². The van der Waals surface area contributed by atoms with Gasteiger partial charge in [-0.3, -0.25) is 4.79 Å². The summed E-state index contributed by atoms with van der Waals surface area (Å²) >= 11 is 0. The van der Waals surface area contributed by atoms with Crippen molar-refractivity contribution in [1.82, 2.24) is 15.3 Å². The van der Waals surface area contributed by atoms with Crippen LogP contribution in [0.25, 0.3) is 11.3 Å². The second kappa shape index (κ2) is 8.98. The van der Waals surface area contributed by atoms with Crippen molar-refractivity contribution in [2.24, 2.45) is 11.7 Å². The van der Waals surface area contributed by atoms with E-state index in [1.807, 2.05) is 36.4 Å². The van der Waals surface area contributed by atoms with Crippen LogP contribution in [-0.4, -0.2) is 48.2 Å². The molecule has 1 aromatic carbocycles. The minimum absolute atomic E-state index is 0.347. The highest BCUT2D eigenvalue weighted by molar-refractivity contribution is 5.78. The molecule has 1 saturated heterocycles. The number of carbonyl (C=O) groups excluding carboxylic acids is 2. The largest absolute Gasteiger partial charge is 0.439 e. The van der Waals surface area contributed by atoms with Crippen LogP contribution >= 0.6 is 0 Å². The van der Waals surface area contributed by atoms with Crippen molar-refractivity contribution in [3.05, 3.63) is 42.6 Å². The van der Waals surface area contributed by atoms with Gasteiger partial charge in [-0.05, 0) is 24.8 Å². The molecule has 1 aromatic heterocycles. The highest BCUT2D eigenvalue weighted by Gasteiger charge is 2.22. The zero-order chi connectivity index (χ0) is 19.1. The fourth-order valence-corrected chi connectivity index (χ4v) is 3.02. The summed E-state index contributed by atoms with van der Waals surface area (Å²) in [5.74, 6) is 0.402. The molecule has 0 bridgehead atoms. The third kappa shape index (κ3) is 5.40. The summed E-state index contributed by atoms with van der Waals surface area (Å²) in [7, 11) is 0. The van der Waals surface area contributed by atoms with Gasteiger partial charge >= 0.3 is 6.09 Å². The molecule has 8 heteroatoms. The topological polar surface area (TPSA) is 110 Å². The van der Waals surface area contributed by atoms with Crippen LogP contribution in [0, 0.1) is 5.92 Å². The van der Waals surface area contributed by atoms with Crippen LogP contribution in [-0.2, 0) is 9.53 Å². The van der Waals surface area contributed by atoms with Crippen molar-refractivity contribution in [3.8, 4) is 11.3 Å². The van der Waals surface area contributed by atoms with Crippen molar-refractivity contribution in [3.63, 3.8) is 0 Å². The van der Waals surface area contributed by atoms with Gasteiger partial charge in [0.1, 0.15) is 0 Å². The van der Waals surface area contributed by atoms with E-state index in [2.05, 4.69) is 24.9 Å². The molecule has 2 heterocycles. The Morgan fingerprint density at radius 1 is 1.19 bits per heavy atom. The van der Waals surface area contributed by atoms with Crippen molar-refractivity contribution >= 4 is 17.9 Å². The number of primary amides is 1. The van der Waals surface area contributed by atoms with Crippen LogP contribution in [0.2, 0.25) is 0 Å². The molecule has 8 nitrogen and oxygen atoms in total. The Labute approximate surface area is 157 Å². The number of piperidine rings is 1. The molecule has 0 aliphatic carbocycles. The molecule has 1 aliphatic heterocycles. The van der Waals surface area contributed by atoms with Crippen molar-refractivity contribution in [2.45, 2.75) is 12.8 Å². The summed E-state index contributed by atoms with van der Waals surface area (Å²) in [4.78, 5) is 33.3. The minimum Gasteiger partial charge on any atom is -0.439 e. The molecule has 0 radical (unpaired) electrons. The van der Waals surface area contributed by atoms with Gasteiger partial charge in [-0.15, -0.1) is 0 Å². The molecule has 142 valence electrons. The Hall–Kier alpha value is -3.16. The number of nitrogens with two attached hydrogens (primary N) is 1. The number of aromatic nitrogens is 2. The van der Waals surface area contributed by atoms with Crippen molar-refractivity contribution in [1.29, 1.82) is 0 Å². The highest BCUT2D eigenvalue weighted by atomic mass is 16.6. The second-order valence-electron chi connectivity index (χ2n) is 6.46. The molecule has 27 heavy (non-hydrogen) atoms. The first-order valence-electron chi connectivity index (χ1n) is 8.94. The van der Waals surface area contributed by atoms with E-state index in [9.17, 15) is 9.59 Å². The fourth-order valence-electron chi connectivity index (χ4n) is 3.02. The average molecular weight is 369 g/mol. The molecule has 0 saturated carbocycles. The Bertz CT molecular complexity index is 776. The third-order valence-corrected chi connectivity index (χ3v) is 4.49. The smallest absolute Gasteiger partial charge is 0.407 e. The van der Waals surface area contributed by atoms with Crippen LogP contribution < -0.4 is 16.0 Å².